The van der Waals surface area contributed by atoms with Crippen LogP contribution in [-0.4, -0.2) is 15.0 Å². The van der Waals surface area contributed by atoms with Crippen molar-refractivity contribution in [3.8, 4) is 21.1 Å². The SMILES string of the molecule is c1ccc2sc3c(-c4ccncc4)sc4ccccc4[nH]c-3nc2c1. The first-order valence-electron chi connectivity index (χ1n) is 7.93. The van der Waals surface area contributed by atoms with Crippen molar-refractivity contribution in [3.63, 3.8) is 0 Å². The van der Waals surface area contributed by atoms with E-state index in [-0.39, 0.29) is 0 Å². The number of H-pyrrole nitrogens is 1. The summed E-state index contributed by atoms with van der Waals surface area (Å²) in [6, 6.07) is 20.8. The second kappa shape index (κ2) is 5.95. The van der Waals surface area contributed by atoms with E-state index >= 15 is 0 Å². The average molecular weight is 359 g/mol. The molecule has 3 nitrogen and oxygen atoms in total. The first-order valence-corrected chi connectivity index (χ1v) is 9.56. The molecule has 0 atom stereocenters. The summed E-state index contributed by atoms with van der Waals surface area (Å²) in [6.07, 6.45) is 3.68. The number of aromatic amines is 1. The molecule has 5 rings (SSSR count). The number of fused-ring (bicyclic) bond motifs is 3. The molecule has 1 aromatic heterocycles. The summed E-state index contributed by atoms with van der Waals surface area (Å²) in [5.74, 6) is 0.910. The van der Waals surface area contributed by atoms with Gasteiger partial charge >= 0.3 is 0 Å². The lowest BCUT2D eigenvalue weighted by molar-refractivity contribution is 1.29. The van der Waals surface area contributed by atoms with Crippen molar-refractivity contribution in [1.29, 1.82) is 0 Å². The standard InChI is InChI=1S/C20H13N3S2/c1-3-7-16-14(5-1)22-20-19(18(24-16)13-9-11-21-12-10-13)25-17-8-4-2-6-15(17)23-20/h1-12H,(H,22,23). The van der Waals surface area contributed by atoms with Gasteiger partial charge in [-0.2, -0.15) is 0 Å². The van der Waals surface area contributed by atoms with Crippen molar-refractivity contribution in [3.05, 3.63) is 73.1 Å². The van der Waals surface area contributed by atoms with E-state index in [1.54, 1.807) is 22.7 Å². The van der Waals surface area contributed by atoms with Crippen LogP contribution in [0, 0.1) is 0 Å². The third-order valence-electron chi connectivity index (χ3n) is 4.03. The van der Waals surface area contributed by atoms with Gasteiger partial charge in [-0.1, -0.05) is 24.3 Å². The maximum atomic E-state index is 4.90. The summed E-state index contributed by atoms with van der Waals surface area (Å²) in [7, 11) is 0. The zero-order chi connectivity index (χ0) is 16.6. The molecular weight excluding hydrogens is 346 g/mol. The quantitative estimate of drug-likeness (QED) is 0.391. The molecule has 0 bridgehead atoms. The first-order chi connectivity index (χ1) is 12.4. The number of rotatable bonds is 1. The minimum atomic E-state index is 0.910. The molecule has 25 heavy (non-hydrogen) atoms. The topological polar surface area (TPSA) is 41.6 Å². The summed E-state index contributed by atoms with van der Waals surface area (Å²) in [5, 5.41) is 0. The molecule has 1 N–H and O–H groups in total. The summed E-state index contributed by atoms with van der Waals surface area (Å²) in [5.41, 5.74) is 3.26. The second-order valence-corrected chi connectivity index (χ2v) is 7.75. The molecule has 2 aliphatic heterocycles. The third-order valence-corrected chi connectivity index (χ3v) is 6.54. The van der Waals surface area contributed by atoms with Crippen LogP contribution >= 0.6 is 22.7 Å². The summed E-state index contributed by atoms with van der Waals surface area (Å²) >= 11 is 3.55. The van der Waals surface area contributed by atoms with Crippen LogP contribution in [0.5, 0.6) is 0 Å². The van der Waals surface area contributed by atoms with Crippen LogP contribution in [0.1, 0.15) is 0 Å². The number of hydrogen-bond acceptors (Lipinski definition) is 4. The molecule has 0 radical (unpaired) electrons. The van der Waals surface area contributed by atoms with Crippen LogP contribution in [0.25, 0.3) is 41.6 Å². The van der Waals surface area contributed by atoms with Gasteiger partial charge in [-0.25, -0.2) is 4.98 Å². The number of aromatic nitrogens is 3. The van der Waals surface area contributed by atoms with Gasteiger partial charge in [0.2, 0.25) is 0 Å². The van der Waals surface area contributed by atoms with Gasteiger partial charge in [0.05, 0.1) is 30.2 Å². The summed E-state index contributed by atoms with van der Waals surface area (Å²) < 4.78 is 2.38. The van der Waals surface area contributed by atoms with Gasteiger partial charge < -0.3 is 4.98 Å². The van der Waals surface area contributed by atoms with Crippen molar-refractivity contribution in [2.75, 3.05) is 0 Å². The highest BCUT2D eigenvalue weighted by molar-refractivity contribution is 7.27. The predicted octanol–water partition coefficient (Wildman–Crippen LogP) is 6.13. The Morgan fingerprint density at radius 1 is 0.720 bits per heavy atom. The van der Waals surface area contributed by atoms with Gasteiger partial charge in [-0.3, -0.25) is 4.98 Å². The smallest absolute Gasteiger partial charge is 0.150 e. The Morgan fingerprint density at radius 2 is 1.44 bits per heavy atom. The molecule has 120 valence electrons. The predicted molar refractivity (Wildman–Crippen MR) is 107 cm³/mol. The second-order valence-electron chi connectivity index (χ2n) is 5.65. The Labute approximate surface area is 152 Å². The fourth-order valence-corrected chi connectivity index (χ4v) is 5.12. The van der Waals surface area contributed by atoms with Crippen molar-refractivity contribution >= 4 is 43.1 Å². The lowest BCUT2D eigenvalue weighted by Gasteiger charge is -2.07. The molecule has 0 unspecified atom stereocenters. The monoisotopic (exact) mass is 359 g/mol. The van der Waals surface area contributed by atoms with Crippen LogP contribution in [0.4, 0.5) is 0 Å². The van der Waals surface area contributed by atoms with E-state index in [0.29, 0.717) is 0 Å². The zero-order valence-electron chi connectivity index (χ0n) is 13.1. The molecule has 2 aromatic carbocycles. The fraction of sp³-hybridized carbons (Fsp3) is 0. The van der Waals surface area contributed by atoms with Crippen LogP contribution in [0.2, 0.25) is 0 Å². The van der Waals surface area contributed by atoms with Crippen LogP contribution in [-0.2, 0) is 0 Å². The largest absolute Gasteiger partial charge is 0.338 e. The molecule has 2 aliphatic rings. The summed E-state index contributed by atoms with van der Waals surface area (Å²) in [6.45, 7) is 0. The Bertz CT molecular complexity index is 1200. The highest BCUT2D eigenvalue weighted by Gasteiger charge is 2.15. The molecule has 3 aromatic rings. The Morgan fingerprint density at radius 3 is 2.32 bits per heavy atom. The molecule has 3 heterocycles. The van der Waals surface area contributed by atoms with E-state index in [2.05, 4.69) is 58.5 Å². The van der Waals surface area contributed by atoms with E-state index in [9.17, 15) is 0 Å². The van der Waals surface area contributed by atoms with Crippen LogP contribution in [0.15, 0.2) is 73.1 Å². The van der Waals surface area contributed by atoms with Gasteiger partial charge in [0.25, 0.3) is 0 Å². The van der Waals surface area contributed by atoms with Crippen molar-refractivity contribution in [2.45, 2.75) is 0 Å². The molecule has 5 heteroatoms. The molecule has 0 saturated carbocycles. The highest BCUT2D eigenvalue weighted by Crippen LogP contribution is 2.41. The number of hydrogen-bond donors (Lipinski definition) is 1. The van der Waals surface area contributed by atoms with E-state index in [4.69, 9.17) is 4.98 Å². The first kappa shape index (κ1) is 14.6. The van der Waals surface area contributed by atoms with Gasteiger partial charge in [-0.05, 0) is 42.0 Å². The normalized spacial score (nSPS) is 11.2. The highest BCUT2D eigenvalue weighted by atomic mass is 32.1. The average Bonchev–Trinajstić information content (AvgIpc) is 2.83. The Balaban J connectivity index is 1.99. The molecular formula is C20H13N3S2. The number of para-hydroxylation sites is 2. The van der Waals surface area contributed by atoms with E-state index < -0.39 is 0 Å². The fourth-order valence-electron chi connectivity index (χ4n) is 2.84. The lowest BCUT2D eigenvalue weighted by Crippen LogP contribution is -1.89. The van der Waals surface area contributed by atoms with Gasteiger partial charge in [0.15, 0.2) is 0 Å². The minimum absolute atomic E-state index is 0.910. The van der Waals surface area contributed by atoms with E-state index in [0.717, 1.165) is 27.3 Å². The van der Waals surface area contributed by atoms with Crippen molar-refractivity contribution in [1.82, 2.24) is 15.0 Å². The lowest BCUT2D eigenvalue weighted by atomic mass is 10.2. The maximum Gasteiger partial charge on any atom is 0.150 e. The zero-order valence-corrected chi connectivity index (χ0v) is 14.8. The number of pyridine rings is 1. The number of nitrogens with one attached hydrogen (secondary N) is 1. The Kier molecular flexibility index (Phi) is 3.47. The van der Waals surface area contributed by atoms with Crippen molar-refractivity contribution in [2.24, 2.45) is 0 Å². The van der Waals surface area contributed by atoms with Gasteiger partial charge in [0.1, 0.15) is 5.82 Å². The van der Waals surface area contributed by atoms with Crippen molar-refractivity contribution < 1.29 is 0 Å². The molecule has 0 spiro atoms. The van der Waals surface area contributed by atoms with Crippen LogP contribution < -0.4 is 0 Å². The van der Waals surface area contributed by atoms with Gasteiger partial charge in [0, 0.05) is 12.4 Å². The third kappa shape index (κ3) is 2.58. The van der Waals surface area contributed by atoms with E-state index in [1.165, 1.54) is 14.3 Å². The molecule has 0 fully saturated rings. The van der Waals surface area contributed by atoms with Gasteiger partial charge in [-0.15, -0.1) is 22.7 Å². The number of nitrogens with zero attached hydrogens (tertiary/aromatic N) is 2. The molecule has 0 saturated heterocycles. The van der Waals surface area contributed by atoms with Crippen LogP contribution in [0.3, 0.4) is 0 Å². The summed E-state index contributed by atoms with van der Waals surface area (Å²) in [4.78, 5) is 15.0. The Hall–Kier alpha value is -2.76. The maximum absolute atomic E-state index is 4.90. The minimum Gasteiger partial charge on any atom is -0.338 e. The molecule has 0 amide bonds. The van der Waals surface area contributed by atoms with E-state index in [1.807, 2.05) is 24.5 Å². The molecule has 0 aliphatic carbocycles. The number of benzene rings is 2.